The first-order valence-corrected chi connectivity index (χ1v) is 17.8. The van der Waals surface area contributed by atoms with E-state index >= 15 is 0 Å². The summed E-state index contributed by atoms with van der Waals surface area (Å²) >= 11 is 0. The van der Waals surface area contributed by atoms with Crippen LogP contribution in [0.2, 0.25) is 0 Å². The van der Waals surface area contributed by atoms with Gasteiger partial charge in [0.15, 0.2) is 0 Å². The summed E-state index contributed by atoms with van der Waals surface area (Å²) < 4.78 is 8.99. The Morgan fingerprint density at radius 3 is 1.75 bits per heavy atom. The first-order chi connectivity index (χ1) is 25.6. The van der Waals surface area contributed by atoms with Crippen molar-refractivity contribution in [1.29, 1.82) is 0 Å². The second-order valence-electron chi connectivity index (χ2n) is 14.0. The van der Waals surface area contributed by atoms with Crippen LogP contribution in [0.15, 0.2) is 180 Å². The predicted molar refractivity (Wildman–Crippen MR) is 214 cm³/mol. The number of fused-ring (bicyclic) bond motifs is 5. The van der Waals surface area contributed by atoms with Crippen molar-refractivity contribution in [1.82, 2.24) is 9.78 Å². The van der Waals surface area contributed by atoms with Gasteiger partial charge >= 0.3 is 0 Å². The molecule has 0 spiro atoms. The van der Waals surface area contributed by atoms with Crippen molar-refractivity contribution in [2.24, 2.45) is 0 Å². The van der Waals surface area contributed by atoms with Crippen LogP contribution in [0.3, 0.4) is 0 Å². The maximum Gasteiger partial charge on any atom is 0.143 e. The van der Waals surface area contributed by atoms with E-state index < -0.39 is 0 Å². The minimum Gasteiger partial charge on any atom is -0.455 e. The summed E-state index contributed by atoms with van der Waals surface area (Å²) in [7, 11) is 0. The molecule has 4 nitrogen and oxygen atoms in total. The number of furan rings is 1. The number of anilines is 3. The highest BCUT2D eigenvalue weighted by Gasteiger charge is 2.37. The molecule has 3 heterocycles. The van der Waals surface area contributed by atoms with Crippen LogP contribution in [-0.2, 0) is 5.41 Å². The lowest BCUT2D eigenvalue weighted by Gasteiger charge is -2.42. The number of benzene rings is 7. The summed E-state index contributed by atoms with van der Waals surface area (Å²) in [5.74, 6) is 0. The van der Waals surface area contributed by atoms with Crippen LogP contribution in [0, 0.1) is 0 Å². The summed E-state index contributed by atoms with van der Waals surface area (Å²) in [5.41, 5.74) is 14.5. The number of hydrogen-bond acceptors (Lipinski definition) is 3. The molecule has 0 atom stereocenters. The van der Waals surface area contributed by atoms with Crippen LogP contribution in [-0.4, -0.2) is 9.78 Å². The van der Waals surface area contributed by atoms with Gasteiger partial charge in [-0.05, 0) is 53.6 Å². The molecule has 7 aromatic carbocycles. The summed E-state index contributed by atoms with van der Waals surface area (Å²) in [5, 5.41) is 7.60. The highest BCUT2D eigenvalue weighted by Crippen LogP contribution is 2.54. The van der Waals surface area contributed by atoms with Gasteiger partial charge in [-0.15, -0.1) is 0 Å². The smallest absolute Gasteiger partial charge is 0.143 e. The molecule has 0 N–H and O–H groups in total. The minimum atomic E-state index is -0.170. The zero-order valence-electron chi connectivity index (χ0n) is 29.0. The largest absolute Gasteiger partial charge is 0.455 e. The molecule has 0 unspecified atom stereocenters. The molecule has 4 heteroatoms. The Labute approximate surface area is 302 Å². The maximum absolute atomic E-state index is 6.89. The van der Waals surface area contributed by atoms with E-state index in [0.717, 1.165) is 67.0 Å². The Bertz CT molecular complexity index is 2710. The topological polar surface area (TPSA) is 34.2 Å². The molecule has 2 aromatic heterocycles. The molecule has 10 rings (SSSR count). The minimum absolute atomic E-state index is 0.170. The molecular formula is C48H35N3O. The van der Waals surface area contributed by atoms with Crippen molar-refractivity contribution in [2.45, 2.75) is 19.3 Å². The Morgan fingerprint density at radius 1 is 0.519 bits per heavy atom. The predicted octanol–water partition coefficient (Wildman–Crippen LogP) is 12.9. The van der Waals surface area contributed by atoms with E-state index in [1.165, 1.54) is 22.5 Å². The molecule has 1 aliphatic rings. The van der Waals surface area contributed by atoms with Gasteiger partial charge in [-0.3, -0.25) is 0 Å². The first kappa shape index (κ1) is 30.2. The highest BCUT2D eigenvalue weighted by molar-refractivity contribution is 6.14. The fraction of sp³-hybridized carbons (Fsp3) is 0.0625. The van der Waals surface area contributed by atoms with Gasteiger partial charge in [0.1, 0.15) is 16.9 Å². The second kappa shape index (κ2) is 11.7. The van der Waals surface area contributed by atoms with E-state index in [9.17, 15) is 0 Å². The van der Waals surface area contributed by atoms with E-state index in [-0.39, 0.29) is 5.41 Å². The second-order valence-corrected chi connectivity index (χ2v) is 14.0. The third-order valence-corrected chi connectivity index (χ3v) is 10.6. The fourth-order valence-electron chi connectivity index (χ4n) is 8.16. The van der Waals surface area contributed by atoms with Gasteiger partial charge in [0.25, 0.3) is 0 Å². The third-order valence-electron chi connectivity index (χ3n) is 10.6. The molecular weight excluding hydrogens is 635 g/mol. The van der Waals surface area contributed by atoms with Gasteiger partial charge in [0.05, 0.1) is 22.8 Å². The van der Waals surface area contributed by atoms with Crippen LogP contribution in [0.1, 0.15) is 25.0 Å². The highest BCUT2D eigenvalue weighted by atomic mass is 16.3. The monoisotopic (exact) mass is 669 g/mol. The zero-order chi connectivity index (χ0) is 34.8. The molecule has 1 aliphatic heterocycles. The molecule has 248 valence electrons. The van der Waals surface area contributed by atoms with E-state index in [1.807, 2.05) is 12.1 Å². The van der Waals surface area contributed by atoms with Gasteiger partial charge in [0, 0.05) is 44.1 Å². The van der Waals surface area contributed by atoms with E-state index in [2.05, 4.69) is 187 Å². The van der Waals surface area contributed by atoms with Crippen LogP contribution >= 0.6 is 0 Å². The Hall–Kier alpha value is -6.65. The van der Waals surface area contributed by atoms with Gasteiger partial charge < -0.3 is 9.32 Å². The van der Waals surface area contributed by atoms with Gasteiger partial charge in [-0.2, -0.15) is 5.10 Å². The first-order valence-electron chi connectivity index (χ1n) is 17.8. The Balaban J connectivity index is 1.36. The number of para-hydroxylation sites is 4. The van der Waals surface area contributed by atoms with Crippen LogP contribution in [0.5, 0.6) is 0 Å². The summed E-state index contributed by atoms with van der Waals surface area (Å²) in [6, 6.07) is 62.2. The van der Waals surface area contributed by atoms with Crippen molar-refractivity contribution < 1.29 is 4.42 Å². The lowest BCUT2D eigenvalue weighted by molar-refractivity contribution is 0.632. The van der Waals surface area contributed by atoms with Crippen molar-refractivity contribution in [3.05, 3.63) is 187 Å². The fourth-order valence-corrected chi connectivity index (χ4v) is 8.16. The van der Waals surface area contributed by atoms with Gasteiger partial charge in [0.2, 0.25) is 0 Å². The maximum atomic E-state index is 6.89. The SMILES string of the molecule is CC1(C)c2ccccc2N(c2cc(-c3c(-c4ccccc4)nn(-c4ccccc4)c3-c3ccccc3)c3oc4ccccc4c3c2)c2ccccc21. The Kier molecular flexibility index (Phi) is 6.80. The van der Waals surface area contributed by atoms with Crippen LogP contribution in [0.4, 0.5) is 17.1 Å². The third kappa shape index (κ3) is 4.58. The van der Waals surface area contributed by atoms with Crippen LogP contribution in [0.25, 0.3) is 61.3 Å². The van der Waals surface area contributed by atoms with Gasteiger partial charge in [-0.1, -0.05) is 147 Å². The molecule has 0 bridgehead atoms. The number of nitrogens with zero attached hydrogens (tertiary/aromatic N) is 3. The van der Waals surface area contributed by atoms with E-state index in [0.29, 0.717) is 0 Å². The van der Waals surface area contributed by atoms with Crippen LogP contribution < -0.4 is 4.90 Å². The molecule has 0 amide bonds. The van der Waals surface area contributed by atoms with Crippen molar-refractivity contribution in [3.8, 4) is 39.3 Å². The number of aromatic nitrogens is 2. The normalized spacial score (nSPS) is 13.3. The number of rotatable bonds is 5. The molecule has 0 aliphatic carbocycles. The van der Waals surface area contributed by atoms with Crippen molar-refractivity contribution in [3.63, 3.8) is 0 Å². The van der Waals surface area contributed by atoms with Crippen molar-refractivity contribution in [2.75, 3.05) is 4.90 Å². The van der Waals surface area contributed by atoms with E-state index in [4.69, 9.17) is 9.52 Å². The standard InChI is InChI=1S/C48H35N3O/c1-48(2)39-25-13-15-27-41(39)50(42-28-16-14-26-40(42)48)35-30-37-36-24-12-17-29-43(36)52-47(37)38(31-35)44-45(32-18-6-3-7-19-32)49-51(34-22-10-5-11-23-34)46(44)33-20-8-4-9-21-33/h3-31H,1-2H3. The van der Waals surface area contributed by atoms with Crippen molar-refractivity contribution >= 4 is 39.0 Å². The average molecular weight is 670 g/mol. The lowest BCUT2D eigenvalue weighted by Crippen LogP contribution is -2.30. The summed E-state index contributed by atoms with van der Waals surface area (Å²) in [6.45, 7) is 4.66. The molecule has 52 heavy (non-hydrogen) atoms. The molecule has 0 saturated carbocycles. The molecule has 0 radical (unpaired) electrons. The summed E-state index contributed by atoms with van der Waals surface area (Å²) in [4.78, 5) is 2.44. The number of hydrogen-bond donors (Lipinski definition) is 0. The Morgan fingerprint density at radius 2 is 1.08 bits per heavy atom. The van der Waals surface area contributed by atoms with E-state index in [1.54, 1.807) is 0 Å². The molecule has 0 fully saturated rings. The summed E-state index contributed by atoms with van der Waals surface area (Å²) in [6.07, 6.45) is 0. The molecule has 0 saturated heterocycles. The molecule has 9 aromatic rings. The lowest BCUT2D eigenvalue weighted by atomic mass is 9.73. The quantitative estimate of drug-likeness (QED) is 0.183. The zero-order valence-corrected chi connectivity index (χ0v) is 29.0. The average Bonchev–Trinajstić information content (AvgIpc) is 3.79. The van der Waals surface area contributed by atoms with Gasteiger partial charge in [-0.25, -0.2) is 4.68 Å².